The SMILES string of the molecule is O=C(c1cnc(NCc2ccn3ccnc3c2)c(Cl)c1)N1CCOCC1. The zero-order valence-electron chi connectivity index (χ0n) is 14.1. The summed E-state index contributed by atoms with van der Waals surface area (Å²) >= 11 is 6.32. The molecular weight excluding hydrogens is 354 g/mol. The molecule has 0 bridgehead atoms. The van der Waals surface area contributed by atoms with Gasteiger partial charge in [-0.15, -0.1) is 0 Å². The number of amides is 1. The van der Waals surface area contributed by atoms with Crippen molar-refractivity contribution in [3.8, 4) is 0 Å². The van der Waals surface area contributed by atoms with Crippen LogP contribution in [0.2, 0.25) is 5.02 Å². The smallest absolute Gasteiger partial charge is 0.255 e. The van der Waals surface area contributed by atoms with Gasteiger partial charge in [0.15, 0.2) is 0 Å². The zero-order valence-corrected chi connectivity index (χ0v) is 14.8. The number of carbonyl (C=O) groups is 1. The van der Waals surface area contributed by atoms with Gasteiger partial charge in [0, 0.05) is 44.4 Å². The first kappa shape index (κ1) is 16.8. The summed E-state index contributed by atoms with van der Waals surface area (Å²) in [7, 11) is 0. The van der Waals surface area contributed by atoms with Gasteiger partial charge in [-0.2, -0.15) is 0 Å². The maximum Gasteiger partial charge on any atom is 0.255 e. The number of carbonyl (C=O) groups excluding carboxylic acids is 1. The predicted molar refractivity (Wildman–Crippen MR) is 98.5 cm³/mol. The standard InChI is InChI=1S/C18H18ClN5O2/c19-15-10-14(18(25)24-5-7-26-8-6-24)12-22-17(15)21-11-13-1-3-23-4-2-20-16(23)9-13/h1-4,9-10,12H,5-8,11H2,(H,21,22). The second-order valence-electron chi connectivity index (χ2n) is 6.04. The highest BCUT2D eigenvalue weighted by Crippen LogP contribution is 2.22. The highest BCUT2D eigenvalue weighted by molar-refractivity contribution is 6.33. The van der Waals surface area contributed by atoms with E-state index >= 15 is 0 Å². The highest BCUT2D eigenvalue weighted by Gasteiger charge is 2.19. The van der Waals surface area contributed by atoms with Gasteiger partial charge in [0.25, 0.3) is 5.91 Å². The second kappa shape index (κ2) is 7.31. The summed E-state index contributed by atoms with van der Waals surface area (Å²) in [5.41, 5.74) is 2.44. The first-order valence-corrected chi connectivity index (χ1v) is 8.76. The molecule has 0 spiro atoms. The molecule has 1 amide bonds. The number of nitrogens with zero attached hydrogens (tertiary/aromatic N) is 4. The summed E-state index contributed by atoms with van der Waals surface area (Å²) in [6.45, 7) is 2.87. The molecule has 3 aromatic rings. The van der Waals surface area contributed by atoms with E-state index in [9.17, 15) is 4.79 Å². The van der Waals surface area contributed by atoms with Crippen LogP contribution >= 0.6 is 11.6 Å². The molecule has 7 nitrogen and oxygen atoms in total. The lowest BCUT2D eigenvalue weighted by Gasteiger charge is -2.26. The molecule has 8 heteroatoms. The number of aromatic nitrogens is 3. The number of nitrogens with one attached hydrogen (secondary N) is 1. The van der Waals surface area contributed by atoms with Crippen LogP contribution in [-0.2, 0) is 11.3 Å². The number of halogens is 1. The van der Waals surface area contributed by atoms with E-state index in [-0.39, 0.29) is 5.91 Å². The predicted octanol–water partition coefficient (Wildman–Crippen LogP) is 2.47. The Morgan fingerprint density at radius 3 is 2.88 bits per heavy atom. The van der Waals surface area contributed by atoms with E-state index in [1.807, 2.05) is 28.9 Å². The minimum absolute atomic E-state index is 0.0704. The largest absolute Gasteiger partial charge is 0.378 e. The van der Waals surface area contributed by atoms with Crippen molar-refractivity contribution >= 4 is 29.0 Å². The average molecular weight is 372 g/mol. The maximum atomic E-state index is 12.5. The van der Waals surface area contributed by atoms with Crippen LogP contribution in [-0.4, -0.2) is 51.5 Å². The molecule has 1 aliphatic rings. The highest BCUT2D eigenvalue weighted by atomic mass is 35.5. The Morgan fingerprint density at radius 1 is 1.23 bits per heavy atom. The van der Waals surface area contributed by atoms with Crippen LogP contribution in [0.4, 0.5) is 5.82 Å². The molecule has 26 heavy (non-hydrogen) atoms. The Labute approximate surface area is 155 Å². The van der Waals surface area contributed by atoms with Crippen molar-refractivity contribution < 1.29 is 9.53 Å². The number of imidazole rings is 1. The zero-order chi connectivity index (χ0) is 17.9. The summed E-state index contributed by atoms with van der Waals surface area (Å²) in [6.07, 6.45) is 7.17. The van der Waals surface area contributed by atoms with Gasteiger partial charge in [-0.25, -0.2) is 9.97 Å². The van der Waals surface area contributed by atoms with Gasteiger partial charge >= 0.3 is 0 Å². The lowest BCUT2D eigenvalue weighted by atomic mass is 10.2. The molecule has 0 radical (unpaired) electrons. The van der Waals surface area contributed by atoms with Crippen LogP contribution < -0.4 is 5.32 Å². The first-order chi connectivity index (χ1) is 12.7. The minimum atomic E-state index is -0.0704. The third-order valence-electron chi connectivity index (χ3n) is 4.31. The fourth-order valence-corrected chi connectivity index (χ4v) is 3.12. The Morgan fingerprint density at radius 2 is 2.08 bits per heavy atom. The van der Waals surface area contributed by atoms with Crippen molar-refractivity contribution in [1.29, 1.82) is 0 Å². The van der Waals surface area contributed by atoms with Crippen molar-refractivity contribution in [2.45, 2.75) is 6.54 Å². The fraction of sp³-hybridized carbons (Fsp3) is 0.278. The third kappa shape index (κ3) is 3.49. The van der Waals surface area contributed by atoms with Gasteiger partial charge in [0.05, 0.1) is 23.8 Å². The molecule has 0 aromatic carbocycles. The molecule has 3 aromatic heterocycles. The normalized spacial score (nSPS) is 14.6. The number of anilines is 1. The monoisotopic (exact) mass is 371 g/mol. The van der Waals surface area contributed by atoms with Gasteiger partial charge in [-0.1, -0.05) is 11.6 Å². The van der Waals surface area contributed by atoms with Gasteiger partial charge in [0.1, 0.15) is 11.5 Å². The van der Waals surface area contributed by atoms with E-state index in [0.717, 1.165) is 11.2 Å². The van der Waals surface area contributed by atoms with Crippen molar-refractivity contribution in [2.75, 3.05) is 31.6 Å². The van der Waals surface area contributed by atoms with Crippen LogP contribution in [0.15, 0.2) is 43.0 Å². The number of ether oxygens (including phenoxy) is 1. The summed E-state index contributed by atoms with van der Waals surface area (Å²) < 4.78 is 7.22. The Hall–Kier alpha value is -2.64. The molecule has 4 heterocycles. The van der Waals surface area contributed by atoms with Crippen molar-refractivity contribution in [1.82, 2.24) is 19.3 Å². The van der Waals surface area contributed by atoms with E-state index in [1.165, 1.54) is 0 Å². The molecule has 0 unspecified atom stereocenters. The number of pyridine rings is 2. The number of rotatable bonds is 4. The van der Waals surface area contributed by atoms with Crippen molar-refractivity contribution in [3.63, 3.8) is 0 Å². The molecule has 4 rings (SSSR count). The molecule has 1 aliphatic heterocycles. The Kier molecular flexibility index (Phi) is 4.73. The Bertz CT molecular complexity index is 936. The summed E-state index contributed by atoms with van der Waals surface area (Å²) in [6, 6.07) is 5.66. The van der Waals surface area contributed by atoms with Gasteiger partial charge in [-0.3, -0.25) is 4.79 Å². The summed E-state index contributed by atoms with van der Waals surface area (Å²) in [5.74, 6) is 0.479. The quantitative estimate of drug-likeness (QED) is 0.762. The first-order valence-electron chi connectivity index (χ1n) is 8.39. The molecule has 1 N–H and O–H groups in total. The molecule has 0 atom stereocenters. The summed E-state index contributed by atoms with van der Waals surface area (Å²) in [4.78, 5) is 22.8. The van der Waals surface area contributed by atoms with E-state index in [0.29, 0.717) is 49.3 Å². The van der Waals surface area contributed by atoms with Gasteiger partial charge in [0.2, 0.25) is 0 Å². The average Bonchev–Trinajstić information content (AvgIpc) is 3.15. The lowest BCUT2D eigenvalue weighted by Crippen LogP contribution is -2.40. The second-order valence-corrected chi connectivity index (χ2v) is 6.45. The van der Waals surface area contributed by atoms with E-state index < -0.39 is 0 Å². The van der Waals surface area contributed by atoms with Crippen LogP contribution in [0.5, 0.6) is 0 Å². The van der Waals surface area contributed by atoms with Crippen molar-refractivity contribution in [2.24, 2.45) is 0 Å². The molecular formula is C18H18ClN5O2. The van der Waals surface area contributed by atoms with Crippen LogP contribution in [0.25, 0.3) is 5.65 Å². The van der Waals surface area contributed by atoms with Crippen LogP contribution in [0, 0.1) is 0 Å². The van der Waals surface area contributed by atoms with E-state index in [1.54, 1.807) is 23.4 Å². The topological polar surface area (TPSA) is 71.8 Å². The molecule has 134 valence electrons. The number of morpholine rings is 1. The van der Waals surface area contributed by atoms with Gasteiger partial charge < -0.3 is 19.4 Å². The molecule has 1 fully saturated rings. The van der Waals surface area contributed by atoms with Crippen LogP contribution in [0.3, 0.4) is 0 Å². The van der Waals surface area contributed by atoms with Crippen LogP contribution in [0.1, 0.15) is 15.9 Å². The molecule has 1 saturated heterocycles. The van der Waals surface area contributed by atoms with Gasteiger partial charge in [-0.05, 0) is 23.8 Å². The van der Waals surface area contributed by atoms with E-state index in [2.05, 4.69) is 15.3 Å². The van der Waals surface area contributed by atoms with Crippen molar-refractivity contribution in [3.05, 3.63) is 59.1 Å². The third-order valence-corrected chi connectivity index (χ3v) is 4.60. The molecule has 0 aliphatic carbocycles. The Balaban J connectivity index is 1.44. The fourth-order valence-electron chi connectivity index (χ4n) is 2.88. The number of hydrogen-bond acceptors (Lipinski definition) is 5. The molecule has 0 saturated carbocycles. The lowest BCUT2D eigenvalue weighted by molar-refractivity contribution is 0.0302. The summed E-state index contributed by atoms with van der Waals surface area (Å²) in [5, 5.41) is 3.63. The number of hydrogen-bond donors (Lipinski definition) is 1. The number of fused-ring (bicyclic) bond motifs is 1. The minimum Gasteiger partial charge on any atom is -0.378 e. The van der Waals surface area contributed by atoms with E-state index in [4.69, 9.17) is 16.3 Å². The maximum absolute atomic E-state index is 12.5.